The smallest absolute Gasteiger partial charge is 0.276 e. The number of guanidine groups is 1. The molecule has 0 bridgehead atoms. The topological polar surface area (TPSA) is 56.7 Å². The molecule has 1 aromatic carbocycles. The number of hydrogen-bond acceptors (Lipinski definition) is 4. The van der Waals surface area contributed by atoms with E-state index in [-0.39, 0.29) is 18.3 Å². The van der Waals surface area contributed by atoms with Crippen LogP contribution < -0.4 is 10.6 Å². The molecule has 0 aromatic heterocycles. The van der Waals surface area contributed by atoms with Crippen molar-refractivity contribution in [1.82, 2.24) is 15.5 Å². The summed E-state index contributed by atoms with van der Waals surface area (Å²) in [6.07, 6.45) is 1.81. The van der Waals surface area contributed by atoms with Crippen molar-refractivity contribution in [2.45, 2.75) is 0 Å². The van der Waals surface area contributed by atoms with Crippen LogP contribution in [0.4, 0.5) is 0 Å². The van der Waals surface area contributed by atoms with E-state index in [1.54, 1.807) is 0 Å². The largest absolute Gasteiger partial charge is 0.340 e. The van der Waals surface area contributed by atoms with Crippen molar-refractivity contribution in [1.29, 1.82) is 0 Å². The predicted molar refractivity (Wildman–Crippen MR) is 81.7 cm³/mol. The summed E-state index contributed by atoms with van der Waals surface area (Å²) < 4.78 is 0. The molecule has 6 heteroatoms. The molecule has 0 atom stereocenters. The molecule has 106 valence electrons. The van der Waals surface area contributed by atoms with Gasteiger partial charge in [-0.3, -0.25) is 10.1 Å². The Labute approximate surface area is 124 Å². The van der Waals surface area contributed by atoms with E-state index in [0.717, 1.165) is 31.7 Å². The van der Waals surface area contributed by atoms with Crippen LogP contribution in [0.2, 0.25) is 0 Å². The third-order valence-corrected chi connectivity index (χ3v) is 3.20. The van der Waals surface area contributed by atoms with Gasteiger partial charge in [-0.1, -0.05) is 30.3 Å². The van der Waals surface area contributed by atoms with Gasteiger partial charge in [0, 0.05) is 26.2 Å². The number of nitrogens with one attached hydrogen (secondary N) is 2. The van der Waals surface area contributed by atoms with Crippen molar-refractivity contribution in [2.24, 2.45) is 4.99 Å². The van der Waals surface area contributed by atoms with Crippen molar-refractivity contribution >= 4 is 30.3 Å². The van der Waals surface area contributed by atoms with Crippen LogP contribution in [-0.4, -0.2) is 42.9 Å². The minimum Gasteiger partial charge on any atom is -0.340 e. The van der Waals surface area contributed by atoms with E-state index in [9.17, 15) is 4.79 Å². The molecule has 3 rings (SSSR count). The zero-order valence-corrected chi connectivity index (χ0v) is 11.8. The number of halogens is 1. The zero-order valence-electron chi connectivity index (χ0n) is 11.0. The normalized spacial score (nSPS) is 20.4. The number of benzene rings is 1. The van der Waals surface area contributed by atoms with Gasteiger partial charge in [-0.15, -0.1) is 12.4 Å². The van der Waals surface area contributed by atoms with Crippen LogP contribution in [0.15, 0.2) is 41.0 Å². The van der Waals surface area contributed by atoms with Gasteiger partial charge >= 0.3 is 0 Å². The first-order valence-corrected chi connectivity index (χ1v) is 6.45. The summed E-state index contributed by atoms with van der Waals surface area (Å²) in [4.78, 5) is 18.4. The molecule has 5 nitrogen and oxygen atoms in total. The van der Waals surface area contributed by atoms with E-state index in [0.29, 0.717) is 11.7 Å². The lowest BCUT2D eigenvalue weighted by atomic mass is 10.2. The SMILES string of the molecule is Cl.O=C1NC(N2CCNCC2)=N/C1=C\c1ccccc1. The molecule has 2 N–H and O–H groups in total. The van der Waals surface area contributed by atoms with Gasteiger partial charge in [0.25, 0.3) is 5.91 Å². The van der Waals surface area contributed by atoms with Crippen LogP contribution in [0.25, 0.3) is 6.08 Å². The minimum absolute atomic E-state index is 0. The highest BCUT2D eigenvalue weighted by Gasteiger charge is 2.25. The number of nitrogens with zero attached hydrogens (tertiary/aromatic N) is 2. The van der Waals surface area contributed by atoms with Crippen molar-refractivity contribution in [3.63, 3.8) is 0 Å². The second-order valence-electron chi connectivity index (χ2n) is 4.57. The van der Waals surface area contributed by atoms with Crippen LogP contribution >= 0.6 is 12.4 Å². The van der Waals surface area contributed by atoms with Gasteiger partial charge in [0.1, 0.15) is 5.70 Å². The van der Waals surface area contributed by atoms with Gasteiger partial charge in [0.15, 0.2) is 0 Å². The third-order valence-electron chi connectivity index (χ3n) is 3.20. The minimum atomic E-state index is -0.127. The Bertz CT molecular complexity index is 535. The Hall–Kier alpha value is -1.85. The molecule has 2 aliphatic heterocycles. The van der Waals surface area contributed by atoms with Crippen molar-refractivity contribution in [2.75, 3.05) is 26.2 Å². The fourth-order valence-electron chi connectivity index (χ4n) is 2.19. The quantitative estimate of drug-likeness (QED) is 0.754. The number of amides is 1. The fourth-order valence-corrected chi connectivity index (χ4v) is 2.19. The first kappa shape index (κ1) is 14.6. The lowest BCUT2D eigenvalue weighted by molar-refractivity contribution is -0.115. The molecule has 0 aliphatic carbocycles. The first-order chi connectivity index (χ1) is 9.33. The Morgan fingerprint density at radius 2 is 1.85 bits per heavy atom. The third kappa shape index (κ3) is 3.18. The van der Waals surface area contributed by atoms with E-state index in [1.807, 2.05) is 36.4 Å². The summed E-state index contributed by atoms with van der Waals surface area (Å²) in [6, 6.07) is 9.75. The highest BCUT2D eigenvalue weighted by molar-refractivity contribution is 6.13. The Kier molecular flexibility index (Phi) is 4.76. The molecule has 20 heavy (non-hydrogen) atoms. The van der Waals surface area contributed by atoms with Crippen molar-refractivity contribution in [3.05, 3.63) is 41.6 Å². The number of piperazine rings is 1. The van der Waals surface area contributed by atoms with E-state index < -0.39 is 0 Å². The number of carbonyl (C=O) groups is 1. The van der Waals surface area contributed by atoms with Gasteiger partial charge < -0.3 is 10.2 Å². The molecule has 1 saturated heterocycles. The maximum absolute atomic E-state index is 11.9. The zero-order chi connectivity index (χ0) is 13.1. The second-order valence-corrected chi connectivity index (χ2v) is 4.57. The predicted octanol–water partition coefficient (Wildman–Crippen LogP) is 0.840. The molecule has 0 spiro atoms. The van der Waals surface area contributed by atoms with Gasteiger partial charge in [0.05, 0.1) is 0 Å². The van der Waals surface area contributed by atoms with Crippen LogP contribution in [0.3, 0.4) is 0 Å². The monoisotopic (exact) mass is 292 g/mol. The van der Waals surface area contributed by atoms with Crippen LogP contribution in [0.5, 0.6) is 0 Å². The standard InChI is InChI=1S/C14H16N4O.ClH/c19-13-12(10-11-4-2-1-3-5-11)16-14(17-13)18-8-6-15-7-9-18;/h1-5,10,15H,6-9H2,(H,16,17,19);1H/b12-10-;. The average Bonchev–Trinajstić information content (AvgIpc) is 2.82. The summed E-state index contributed by atoms with van der Waals surface area (Å²) in [7, 11) is 0. The molecule has 1 amide bonds. The molecular weight excluding hydrogens is 276 g/mol. The van der Waals surface area contributed by atoms with E-state index in [1.165, 1.54) is 0 Å². The maximum Gasteiger partial charge on any atom is 0.276 e. The summed E-state index contributed by atoms with van der Waals surface area (Å²) in [5, 5.41) is 6.11. The van der Waals surface area contributed by atoms with Crippen LogP contribution in [0.1, 0.15) is 5.56 Å². The van der Waals surface area contributed by atoms with Crippen LogP contribution in [0, 0.1) is 0 Å². The Morgan fingerprint density at radius 1 is 1.15 bits per heavy atom. The van der Waals surface area contributed by atoms with Gasteiger partial charge in [-0.2, -0.15) is 0 Å². The highest BCUT2D eigenvalue weighted by atomic mass is 35.5. The fraction of sp³-hybridized carbons (Fsp3) is 0.286. The van der Waals surface area contributed by atoms with E-state index >= 15 is 0 Å². The molecule has 0 unspecified atom stereocenters. The number of carbonyl (C=O) groups excluding carboxylic acids is 1. The lowest BCUT2D eigenvalue weighted by Gasteiger charge is -2.28. The maximum atomic E-state index is 11.9. The summed E-state index contributed by atoms with van der Waals surface area (Å²) in [6.45, 7) is 3.59. The van der Waals surface area contributed by atoms with Gasteiger partial charge in [-0.25, -0.2) is 4.99 Å². The van der Waals surface area contributed by atoms with E-state index in [4.69, 9.17) is 0 Å². The average molecular weight is 293 g/mol. The van der Waals surface area contributed by atoms with E-state index in [2.05, 4.69) is 20.5 Å². The molecular formula is C14H17ClN4O. The molecule has 2 heterocycles. The highest BCUT2D eigenvalue weighted by Crippen LogP contribution is 2.13. The molecule has 0 radical (unpaired) electrons. The first-order valence-electron chi connectivity index (χ1n) is 6.45. The number of aliphatic imine (C=N–C) groups is 1. The van der Waals surface area contributed by atoms with Gasteiger partial charge in [0.2, 0.25) is 5.96 Å². The second kappa shape index (κ2) is 6.54. The Balaban J connectivity index is 0.00000147. The lowest BCUT2D eigenvalue weighted by Crippen LogP contribution is -2.50. The van der Waals surface area contributed by atoms with Crippen LogP contribution in [-0.2, 0) is 4.79 Å². The molecule has 2 aliphatic rings. The summed E-state index contributed by atoms with van der Waals surface area (Å²) in [5.41, 5.74) is 1.46. The van der Waals surface area contributed by atoms with Crippen molar-refractivity contribution in [3.8, 4) is 0 Å². The number of hydrogen-bond donors (Lipinski definition) is 2. The van der Waals surface area contributed by atoms with Gasteiger partial charge in [-0.05, 0) is 11.6 Å². The van der Waals surface area contributed by atoms with Crippen molar-refractivity contribution < 1.29 is 4.79 Å². The molecule has 1 aromatic rings. The number of rotatable bonds is 1. The Morgan fingerprint density at radius 3 is 2.55 bits per heavy atom. The molecule has 1 fully saturated rings. The molecule has 0 saturated carbocycles. The summed E-state index contributed by atoms with van der Waals surface area (Å²) in [5.74, 6) is 0.547. The summed E-state index contributed by atoms with van der Waals surface area (Å²) >= 11 is 0.